The molecule has 0 amide bonds. The van der Waals surface area contributed by atoms with Crippen LogP contribution in [0, 0.1) is 27.7 Å². The molecule has 0 saturated heterocycles. The molecule has 37 heavy (non-hydrogen) atoms. The van der Waals surface area contributed by atoms with Crippen molar-refractivity contribution >= 4 is 34.7 Å². The van der Waals surface area contributed by atoms with Gasteiger partial charge < -0.3 is 20.8 Å². The largest absolute Gasteiger partial charge is 0.478 e. The molecule has 0 aliphatic carbocycles. The topological polar surface area (TPSA) is 98.7 Å². The van der Waals surface area contributed by atoms with Crippen molar-refractivity contribution in [2.24, 2.45) is 0 Å². The van der Waals surface area contributed by atoms with Crippen LogP contribution in [0.5, 0.6) is 0 Å². The molecule has 4 aromatic carbocycles. The second-order valence-corrected chi connectivity index (χ2v) is 8.45. The number of carboxylic acids is 2. The van der Waals surface area contributed by atoms with Crippen molar-refractivity contribution in [2.45, 2.75) is 27.7 Å². The minimum Gasteiger partial charge on any atom is -0.478 e. The Morgan fingerprint density at radius 1 is 0.514 bits per heavy atom. The van der Waals surface area contributed by atoms with Gasteiger partial charge in [0.05, 0.1) is 22.5 Å². The minimum atomic E-state index is -0.927. The van der Waals surface area contributed by atoms with Gasteiger partial charge in [0, 0.05) is 28.2 Å². The van der Waals surface area contributed by atoms with E-state index in [2.05, 4.69) is 10.6 Å². The van der Waals surface area contributed by atoms with Gasteiger partial charge in [-0.15, -0.1) is 0 Å². The molecule has 1 radical (unpaired) electrons. The quantitative estimate of drug-likeness (QED) is 0.202. The summed E-state index contributed by atoms with van der Waals surface area (Å²) in [4.78, 5) is 22.2. The SMILES string of the molecule is Cc1cccc(Nc2ccccc2C(=O)O)c1C.Cc1cccc(Nc2ccccc2C(=O)O)c1C.[Co]. The second-order valence-electron chi connectivity index (χ2n) is 8.45. The maximum absolute atomic E-state index is 11.1. The van der Waals surface area contributed by atoms with Gasteiger partial charge in [-0.25, -0.2) is 9.59 Å². The van der Waals surface area contributed by atoms with Crippen molar-refractivity contribution in [1.29, 1.82) is 0 Å². The predicted octanol–water partition coefficient (Wildman–Crippen LogP) is 7.49. The third-order valence-corrected chi connectivity index (χ3v) is 6.06. The van der Waals surface area contributed by atoms with E-state index < -0.39 is 11.9 Å². The van der Waals surface area contributed by atoms with Crippen molar-refractivity contribution in [2.75, 3.05) is 10.6 Å². The zero-order chi connectivity index (χ0) is 26.2. The number of benzene rings is 4. The van der Waals surface area contributed by atoms with Crippen molar-refractivity contribution in [3.63, 3.8) is 0 Å². The first-order valence-corrected chi connectivity index (χ1v) is 11.5. The van der Waals surface area contributed by atoms with E-state index in [9.17, 15) is 9.59 Å². The Kier molecular flexibility index (Phi) is 10.5. The monoisotopic (exact) mass is 541 g/mol. The van der Waals surface area contributed by atoms with Gasteiger partial charge in [0.1, 0.15) is 0 Å². The van der Waals surface area contributed by atoms with E-state index in [1.54, 1.807) is 36.4 Å². The number of para-hydroxylation sites is 2. The van der Waals surface area contributed by atoms with Crippen LogP contribution in [0.25, 0.3) is 0 Å². The van der Waals surface area contributed by atoms with Crippen LogP contribution in [0.2, 0.25) is 0 Å². The zero-order valence-corrected chi connectivity index (χ0v) is 22.2. The number of anilines is 4. The van der Waals surface area contributed by atoms with Crippen LogP contribution in [0.15, 0.2) is 84.9 Å². The summed E-state index contributed by atoms with van der Waals surface area (Å²) < 4.78 is 0. The number of hydrogen-bond donors (Lipinski definition) is 4. The number of rotatable bonds is 6. The fraction of sp³-hybridized carbons (Fsp3) is 0.133. The maximum atomic E-state index is 11.1. The van der Waals surface area contributed by atoms with E-state index in [-0.39, 0.29) is 27.9 Å². The van der Waals surface area contributed by atoms with Gasteiger partial charge in [-0.2, -0.15) is 0 Å². The molecule has 4 N–H and O–H groups in total. The summed E-state index contributed by atoms with van der Waals surface area (Å²) in [6, 6.07) is 25.7. The molecule has 4 aromatic rings. The van der Waals surface area contributed by atoms with Crippen LogP contribution in [-0.2, 0) is 16.8 Å². The summed E-state index contributed by atoms with van der Waals surface area (Å²) in [7, 11) is 0. The first kappa shape index (κ1) is 29.2. The third-order valence-electron chi connectivity index (χ3n) is 6.06. The van der Waals surface area contributed by atoms with Gasteiger partial charge in [-0.3, -0.25) is 0 Å². The summed E-state index contributed by atoms with van der Waals surface area (Å²) in [6.07, 6.45) is 0. The first-order chi connectivity index (χ1) is 17.2. The Morgan fingerprint density at radius 2 is 0.838 bits per heavy atom. The number of aromatic carboxylic acids is 2. The Morgan fingerprint density at radius 3 is 1.19 bits per heavy atom. The molecule has 0 aromatic heterocycles. The van der Waals surface area contributed by atoms with E-state index in [4.69, 9.17) is 10.2 Å². The van der Waals surface area contributed by atoms with Crippen LogP contribution in [0.3, 0.4) is 0 Å². The van der Waals surface area contributed by atoms with Crippen molar-refractivity contribution in [1.82, 2.24) is 0 Å². The van der Waals surface area contributed by atoms with Gasteiger partial charge in [-0.05, 0) is 86.3 Å². The minimum absolute atomic E-state index is 0. The van der Waals surface area contributed by atoms with Crippen LogP contribution < -0.4 is 10.6 Å². The van der Waals surface area contributed by atoms with Crippen molar-refractivity contribution in [3.05, 3.63) is 118 Å². The predicted molar refractivity (Wildman–Crippen MR) is 145 cm³/mol. The molecular formula is C30H30CoN2O4. The summed E-state index contributed by atoms with van der Waals surface area (Å²) in [5, 5.41) is 24.6. The van der Waals surface area contributed by atoms with Crippen LogP contribution in [-0.4, -0.2) is 22.2 Å². The molecule has 0 fully saturated rings. The molecule has 6 nitrogen and oxygen atoms in total. The van der Waals surface area contributed by atoms with E-state index in [1.165, 1.54) is 11.1 Å². The number of carboxylic acid groups (broad SMARTS) is 2. The summed E-state index contributed by atoms with van der Waals surface area (Å²) in [5.41, 5.74) is 8.23. The third kappa shape index (κ3) is 7.46. The Labute approximate surface area is 227 Å². The van der Waals surface area contributed by atoms with Gasteiger partial charge >= 0.3 is 11.9 Å². The molecule has 7 heteroatoms. The van der Waals surface area contributed by atoms with Crippen LogP contribution in [0.4, 0.5) is 22.7 Å². The maximum Gasteiger partial charge on any atom is 0.337 e. The zero-order valence-electron chi connectivity index (χ0n) is 21.1. The number of nitrogens with one attached hydrogen (secondary N) is 2. The van der Waals surface area contributed by atoms with E-state index in [0.29, 0.717) is 11.4 Å². The Bertz CT molecular complexity index is 1300. The molecule has 0 heterocycles. The fourth-order valence-corrected chi connectivity index (χ4v) is 3.62. The molecule has 0 saturated carbocycles. The fourth-order valence-electron chi connectivity index (χ4n) is 3.62. The normalized spacial score (nSPS) is 9.84. The van der Waals surface area contributed by atoms with Crippen molar-refractivity contribution in [3.8, 4) is 0 Å². The Hall–Kier alpha value is -4.07. The Balaban J connectivity index is 0.000000253. The smallest absolute Gasteiger partial charge is 0.337 e. The molecule has 0 aliphatic heterocycles. The molecule has 0 bridgehead atoms. The van der Waals surface area contributed by atoms with E-state index in [1.807, 2.05) is 76.2 Å². The molecule has 0 unspecified atom stereocenters. The number of carbonyl (C=O) groups is 2. The van der Waals surface area contributed by atoms with Gasteiger partial charge in [-0.1, -0.05) is 48.5 Å². The standard InChI is InChI=1S/2C15H15NO2.Co/c2*1-10-6-5-9-13(11(10)2)16-14-8-4-3-7-12(14)15(17)18;/h2*3-9,16H,1-2H3,(H,17,18);. The molecule has 4 rings (SSSR count). The summed E-state index contributed by atoms with van der Waals surface area (Å²) >= 11 is 0. The molecular weight excluding hydrogens is 511 g/mol. The number of aryl methyl sites for hydroxylation is 2. The van der Waals surface area contributed by atoms with Crippen LogP contribution in [0.1, 0.15) is 43.0 Å². The van der Waals surface area contributed by atoms with Gasteiger partial charge in [0.25, 0.3) is 0 Å². The molecule has 0 atom stereocenters. The van der Waals surface area contributed by atoms with E-state index >= 15 is 0 Å². The first-order valence-electron chi connectivity index (χ1n) is 11.5. The molecule has 193 valence electrons. The second kappa shape index (κ2) is 13.3. The number of hydrogen-bond acceptors (Lipinski definition) is 4. The van der Waals surface area contributed by atoms with Crippen LogP contribution >= 0.6 is 0 Å². The van der Waals surface area contributed by atoms with Crippen molar-refractivity contribution < 1.29 is 36.6 Å². The van der Waals surface area contributed by atoms with E-state index in [0.717, 1.165) is 22.5 Å². The van der Waals surface area contributed by atoms with Gasteiger partial charge in [0.15, 0.2) is 0 Å². The summed E-state index contributed by atoms with van der Waals surface area (Å²) in [5.74, 6) is -1.85. The average Bonchev–Trinajstić information content (AvgIpc) is 2.86. The average molecular weight is 542 g/mol. The summed E-state index contributed by atoms with van der Waals surface area (Å²) in [6.45, 7) is 8.09. The molecule has 0 aliphatic rings. The van der Waals surface area contributed by atoms with Gasteiger partial charge in [0.2, 0.25) is 0 Å². The molecule has 0 spiro atoms.